The van der Waals surface area contributed by atoms with Gasteiger partial charge in [0, 0.05) is 48.2 Å². The molecule has 4 heterocycles. The molecule has 2 saturated heterocycles. The van der Waals surface area contributed by atoms with Crippen LogP contribution in [-0.4, -0.2) is 67.3 Å². The Hall–Kier alpha value is -3.44. The second kappa shape index (κ2) is 10.7. The van der Waals surface area contributed by atoms with Crippen LogP contribution in [0.2, 0.25) is 0 Å². The minimum absolute atomic E-state index is 0.224. The molecule has 0 saturated carbocycles. The van der Waals surface area contributed by atoms with Crippen molar-refractivity contribution >= 4 is 22.3 Å². The SMILES string of the molecule is [C-]#[N+]CC1CCCN(c2nc(OC[C@@H]3CCCN3C)nc3c2CCN(c2cccc4ccc(F)cc24)C3)C1. The molecule has 0 radical (unpaired) electrons. The Morgan fingerprint density at radius 3 is 2.82 bits per heavy atom. The number of aromatic nitrogens is 2. The van der Waals surface area contributed by atoms with Crippen molar-refractivity contribution in [1.29, 1.82) is 0 Å². The number of hydrogen-bond donors (Lipinski definition) is 0. The largest absolute Gasteiger partial charge is 0.462 e. The minimum Gasteiger partial charge on any atom is -0.462 e. The number of rotatable bonds is 6. The first-order valence-electron chi connectivity index (χ1n) is 13.8. The van der Waals surface area contributed by atoms with Gasteiger partial charge in [-0.3, -0.25) is 0 Å². The molecule has 198 valence electrons. The lowest BCUT2D eigenvalue weighted by Gasteiger charge is -2.36. The normalized spacial score (nSPS) is 21.9. The smallest absolute Gasteiger partial charge is 0.318 e. The highest BCUT2D eigenvalue weighted by Gasteiger charge is 2.30. The van der Waals surface area contributed by atoms with Crippen LogP contribution in [0.4, 0.5) is 15.9 Å². The second-order valence-corrected chi connectivity index (χ2v) is 11.0. The maximum Gasteiger partial charge on any atom is 0.318 e. The van der Waals surface area contributed by atoms with E-state index in [-0.39, 0.29) is 5.82 Å². The lowest BCUT2D eigenvalue weighted by molar-refractivity contribution is 0.187. The van der Waals surface area contributed by atoms with Crippen molar-refractivity contribution in [1.82, 2.24) is 14.9 Å². The van der Waals surface area contributed by atoms with Crippen LogP contribution in [0.15, 0.2) is 36.4 Å². The molecule has 0 amide bonds. The third-order valence-electron chi connectivity index (χ3n) is 8.43. The van der Waals surface area contributed by atoms with E-state index in [0.717, 1.165) is 79.8 Å². The summed E-state index contributed by atoms with van der Waals surface area (Å²) < 4.78 is 20.4. The van der Waals surface area contributed by atoms with Crippen LogP contribution in [0.5, 0.6) is 6.01 Å². The van der Waals surface area contributed by atoms with Crippen LogP contribution in [0.25, 0.3) is 15.6 Å². The average Bonchev–Trinajstić information content (AvgIpc) is 3.35. The number of benzene rings is 2. The lowest BCUT2D eigenvalue weighted by Crippen LogP contribution is -2.39. The third-order valence-corrected chi connectivity index (χ3v) is 8.43. The highest BCUT2D eigenvalue weighted by Crippen LogP contribution is 2.35. The first kappa shape index (κ1) is 24.9. The molecule has 6 rings (SSSR count). The van der Waals surface area contributed by atoms with E-state index in [2.05, 4.69) is 32.7 Å². The van der Waals surface area contributed by atoms with Gasteiger partial charge in [0.05, 0.1) is 12.2 Å². The molecule has 3 aromatic rings. The van der Waals surface area contributed by atoms with Gasteiger partial charge < -0.3 is 24.3 Å². The van der Waals surface area contributed by atoms with Crippen molar-refractivity contribution in [3.63, 3.8) is 0 Å². The fraction of sp³-hybridized carbons (Fsp3) is 0.500. The quantitative estimate of drug-likeness (QED) is 0.435. The number of likely N-dealkylation sites (tertiary alicyclic amines) is 1. The molecule has 0 aliphatic carbocycles. The Balaban J connectivity index is 1.33. The first-order valence-corrected chi connectivity index (χ1v) is 13.8. The number of hydrogen-bond acceptors (Lipinski definition) is 6. The predicted molar refractivity (Wildman–Crippen MR) is 148 cm³/mol. The number of fused-ring (bicyclic) bond motifs is 2. The predicted octanol–water partition coefficient (Wildman–Crippen LogP) is 4.94. The van der Waals surface area contributed by atoms with E-state index in [0.29, 0.717) is 37.7 Å². The van der Waals surface area contributed by atoms with Crippen LogP contribution in [0.1, 0.15) is 36.9 Å². The van der Waals surface area contributed by atoms with Crippen molar-refractivity contribution in [2.45, 2.75) is 44.7 Å². The molecule has 0 N–H and O–H groups in total. The number of ether oxygens (including phenoxy) is 1. The number of nitrogens with zero attached hydrogens (tertiary/aromatic N) is 6. The molecule has 2 aromatic carbocycles. The molecule has 0 spiro atoms. The first-order chi connectivity index (χ1) is 18.6. The Morgan fingerprint density at radius 1 is 1.08 bits per heavy atom. The van der Waals surface area contributed by atoms with Gasteiger partial charge in [-0.1, -0.05) is 18.2 Å². The van der Waals surface area contributed by atoms with E-state index in [1.807, 2.05) is 18.2 Å². The summed E-state index contributed by atoms with van der Waals surface area (Å²) in [4.78, 5) is 20.6. The van der Waals surface area contributed by atoms with Gasteiger partial charge in [-0.2, -0.15) is 9.97 Å². The van der Waals surface area contributed by atoms with Gasteiger partial charge in [0.15, 0.2) is 0 Å². The van der Waals surface area contributed by atoms with E-state index >= 15 is 0 Å². The second-order valence-electron chi connectivity index (χ2n) is 11.0. The summed E-state index contributed by atoms with van der Waals surface area (Å²) in [6.07, 6.45) is 5.29. The summed E-state index contributed by atoms with van der Waals surface area (Å²) >= 11 is 0. The van der Waals surface area contributed by atoms with Crippen LogP contribution < -0.4 is 14.5 Å². The summed E-state index contributed by atoms with van der Waals surface area (Å²) in [6, 6.07) is 11.9. The molecule has 1 aromatic heterocycles. The summed E-state index contributed by atoms with van der Waals surface area (Å²) in [5.41, 5.74) is 3.19. The lowest BCUT2D eigenvalue weighted by atomic mass is 9.96. The van der Waals surface area contributed by atoms with E-state index in [4.69, 9.17) is 21.3 Å². The van der Waals surface area contributed by atoms with Crippen molar-refractivity contribution in [3.05, 3.63) is 64.9 Å². The molecule has 7 nitrogen and oxygen atoms in total. The van der Waals surface area contributed by atoms with E-state index in [1.165, 1.54) is 18.1 Å². The molecule has 3 aliphatic rings. The van der Waals surface area contributed by atoms with E-state index in [9.17, 15) is 4.39 Å². The van der Waals surface area contributed by atoms with Gasteiger partial charge in [0.25, 0.3) is 0 Å². The average molecular weight is 515 g/mol. The maximum absolute atomic E-state index is 14.2. The van der Waals surface area contributed by atoms with Gasteiger partial charge in [0.2, 0.25) is 6.54 Å². The Kier molecular flexibility index (Phi) is 7.03. The number of halogens is 1. The van der Waals surface area contributed by atoms with Crippen LogP contribution in [0, 0.1) is 18.3 Å². The standard InChI is InChI=1S/C30H35FN6O/c1-32-17-21-6-4-14-37(18-21)29-25-12-15-36(28-9-3-7-22-10-11-23(31)16-26(22)28)19-27(25)33-30(34-29)38-20-24-8-5-13-35(24)2/h3,7,9-11,16,21,24H,4-6,8,12-15,17-20H2,2H3/t21?,24-/m0/s1. The zero-order valence-electron chi connectivity index (χ0n) is 22.1. The summed E-state index contributed by atoms with van der Waals surface area (Å²) in [5.74, 6) is 1.12. The summed E-state index contributed by atoms with van der Waals surface area (Å²) in [7, 11) is 2.15. The fourth-order valence-corrected chi connectivity index (χ4v) is 6.32. The maximum atomic E-state index is 14.2. The van der Waals surface area contributed by atoms with Crippen molar-refractivity contribution in [2.24, 2.45) is 5.92 Å². The molecule has 0 bridgehead atoms. The van der Waals surface area contributed by atoms with Gasteiger partial charge in [0.1, 0.15) is 18.2 Å². The Labute approximate surface area is 224 Å². The highest BCUT2D eigenvalue weighted by molar-refractivity contribution is 5.94. The van der Waals surface area contributed by atoms with Gasteiger partial charge in [-0.05, 0) is 69.3 Å². The molecule has 3 aliphatic heterocycles. The van der Waals surface area contributed by atoms with E-state index < -0.39 is 0 Å². The van der Waals surface area contributed by atoms with Crippen molar-refractivity contribution in [2.75, 3.05) is 56.2 Å². The molecule has 8 heteroatoms. The summed E-state index contributed by atoms with van der Waals surface area (Å²) in [6.45, 7) is 12.8. The zero-order chi connectivity index (χ0) is 26.1. The Bertz CT molecular complexity index is 1360. The Morgan fingerprint density at radius 2 is 1.97 bits per heavy atom. The number of piperidine rings is 1. The third kappa shape index (κ3) is 5.00. The molecular formula is C30H35FN6O. The van der Waals surface area contributed by atoms with Gasteiger partial charge in [-0.15, -0.1) is 0 Å². The van der Waals surface area contributed by atoms with Gasteiger partial charge >= 0.3 is 6.01 Å². The molecule has 2 fully saturated rings. The minimum atomic E-state index is -0.224. The van der Waals surface area contributed by atoms with Crippen molar-refractivity contribution < 1.29 is 9.13 Å². The molecule has 2 atom stereocenters. The fourth-order valence-electron chi connectivity index (χ4n) is 6.32. The number of anilines is 2. The number of likely N-dealkylation sites (N-methyl/N-ethyl adjacent to an activating group) is 1. The summed E-state index contributed by atoms with van der Waals surface area (Å²) in [5, 5.41) is 1.95. The highest BCUT2D eigenvalue weighted by atomic mass is 19.1. The molecule has 38 heavy (non-hydrogen) atoms. The van der Waals surface area contributed by atoms with Crippen LogP contribution >= 0.6 is 0 Å². The van der Waals surface area contributed by atoms with Crippen LogP contribution in [0.3, 0.4) is 0 Å². The molecule has 1 unspecified atom stereocenters. The van der Waals surface area contributed by atoms with E-state index in [1.54, 1.807) is 6.07 Å². The topological polar surface area (TPSA) is 49.1 Å². The molecular weight excluding hydrogens is 479 g/mol. The monoisotopic (exact) mass is 514 g/mol. The van der Waals surface area contributed by atoms with Crippen LogP contribution in [-0.2, 0) is 13.0 Å². The van der Waals surface area contributed by atoms with Crippen molar-refractivity contribution in [3.8, 4) is 6.01 Å². The zero-order valence-corrected chi connectivity index (χ0v) is 22.1. The van der Waals surface area contributed by atoms with Gasteiger partial charge in [-0.25, -0.2) is 11.0 Å².